The van der Waals surface area contributed by atoms with Crippen molar-refractivity contribution in [2.24, 2.45) is 0 Å². The van der Waals surface area contributed by atoms with Gasteiger partial charge in [0, 0.05) is 0 Å². The number of anilines is 1. The van der Waals surface area contributed by atoms with Crippen molar-refractivity contribution in [3.05, 3.63) is 48.3 Å². The molecule has 3 heterocycles. The number of rotatable bonds is 6. The number of amides is 1. The van der Waals surface area contributed by atoms with Crippen molar-refractivity contribution in [2.45, 2.75) is 19.6 Å². The Hall–Kier alpha value is -3.10. The fourth-order valence-electron chi connectivity index (χ4n) is 1.97. The van der Waals surface area contributed by atoms with Crippen LogP contribution in [0.1, 0.15) is 11.5 Å². The van der Waals surface area contributed by atoms with Crippen molar-refractivity contribution in [3.63, 3.8) is 0 Å². The maximum absolute atomic E-state index is 12.5. The van der Waals surface area contributed by atoms with Crippen molar-refractivity contribution in [1.82, 2.24) is 25.1 Å². The van der Waals surface area contributed by atoms with E-state index in [1.54, 1.807) is 41.7 Å². The van der Waals surface area contributed by atoms with Gasteiger partial charge in [0.25, 0.3) is 0 Å². The molecule has 0 aliphatic heterocycles. The van der Waals surface area contributed by atoms with Crippen LogP contribution in [0.15, 0.2) is 45.6 Å². The molecule has 9 heteroatoms. The fraction of sp³-hybridized carbons (Fsp3) is 0.231. The molecule has 22 heavy (non-hydrogen) atoms. The molecule has 0 spiro atoms. The molecule has 0 aromatic carbocycles. The number of furan rings is 2. The highest BCUT2D eigenvalue weighted by atomic mass is 16.3. The van der Waals surface area contributed by atoms with E-state index in [1.807, 2.05) is 0 Å². The van der Waals surface area contributed by atoms with Crippen LogP contribution in [0.3, 0.4) is 0 Å². The molecule has 3 aromatic heterocycles. The van der Waals surface area contributed by atoms with E-state index >= 15 is 0 Å². The van der Waals surface area contributed by atoms with E-state index < -0.39 is 0 Å². The predicted molar refractivity (Wildman–Crippen MR) is 73.9 cm³/mol. The van der Waals surface area contributed by atoms with Gasteiger partial charge in [-0.05, 0) is 34.7 Å². The van der Waals surface area contributed by atoms with Gasteiger partial charge >= 0.3 is 0 Å². The lowest BCUT2D eigenvalue weighted by molar-refractivity contribution is -0.133. The number of hydrogen-bond donors (Lipinski definition) is 1. The van der Waals surface area contributed by atoms with E-state index in [9.17, 15) is 4.79 Å². The molecule has 9 nitrogen and oxygen atoms in total. The number of carbonyl (C=O) groups excluding carboxylic acids is 1. The van der Waals surface area contributed by atoms with Crippen LogP contribution in [0.5, 0.6) is 0 Å². The molecule has 0 aliphatic rings. The first-order chi connectivity index (χ1) is 10.7. The smallest absolute Gasteiger partial charge is 0.245 e. The first kappa shape index (κ1) is 13.9. The number of aromatic nitrogens is 4. The summed E-state index contributed by atoms with van der Waals surface area (Å²) < 4.78 is 11.8. The zero-order valence-electron chi connectivity index (χ0n) is 11.6. The monoisotopic (exact) mass is 302 g/mol. The van der Waals surface area contributed by atoms with Gasteiger partial charge in [0.1, 0.15) is 18.1 Å². The van der Waals surface area contributed by atoms with Gasteiger partial charge in [0.05, 0.1) is 25.6 Å². The second-order valence-corrected chi connectivity index (χ2v) is 4.60. The molecular formula is C13H14N6O3. The van der Waals surface area contributed by atoms with Crippen LogP contribution < -0.4 is 5.73 Å². The van der Waals surface area contributed by atoms with Crippen molar-refractivity contribution in [3.8, 4) is 0 Å². The van der Waals surface area contributed by atoms with Gasteiger partial charge in [-0.1, -0.05) is 5.10 Å². The molecule has 0 unspecified atom stereocenters. The van der Waals surface area contributed by atoms with Gasteiger partial charge < -0.3 is 19.5 Å². The molecular weight excluding hydrogens is 288 g/mol. The molecule has 0 aliphatic carbocycles. The van der Waals surface area contributed by atoms with E-state index in [0.29, 0.717) is 24.6 Å². The second kappa shape index (κ2) is 6.12. The van der Waals surface area contributed by atoms with Gasteiger partial charge in [-0.3, -0.25) is 4.79 Å². The second-order valence-electron chi connectivity index (χ2n) is 4.60. The molecule has 0 saturated carbocycles. The number of hydrogen-bond acceptors (Lipinski definition) is 7. The van der Waals surface area contributed by atoms with Crippen LogP contribution >= 0.6 is 0 Å². The summed E-state index contributed by atoms with van der Waals surface area (Å²) in [4.78, 5) is 14.1. The quantitative estimate of drug-likeness (QED) is 0.711. The summed E-state index contributed by atoms with van der Waals surface area (Å²) in [5.41, 5.74) is 5.58. The van der Waals surface area contributed by atoms with Crippen molar-refractivity contribution in [2.75, 3.05) is 5.73 Å². The average molecular weight is 302 g/mol. The summed E-state index contributed by atoms with van der Waals surface area (Å²) in [7, 11) is 0. The number of nitrogen functional groups attached to an aromatic ring is 1. The Morgan fingerprint density at radius 3 is 2.27 bits per heavy atom. The molecule has 1 amide bonds. The molecule has 2 N–H and O–H groups in total. The maximum Gasteiger partial charge on any atom is 0.245 e. The topological polar surface area (TPSA) is 116 Å². The third-order valence-electron chi connectivity index (χ3n) is 3.05. The highest BCUT2D eigenvalue weighted by molar-refractivity contribution is 5.76. The van der Waals surface area contributed by atoms with Crippen molar-refractivity contribution >= 4 is 11.9 Å². The standard InChI is InChI=1S/C13H14N6O3/c14-13-15-16-17-19(13)9-12(20)18(7-10-3-1-5-21-10)8-11-4-2-6-22-11/h1-6H,7-9H2,(H2,14,15,17). The van der Waals surface area contributed by atoms with Crippen LogP contribution in [0.2, 0.25) is 0 Å². The van der Waals surface area contributed by atoms with Gasteiger partial charge in [-0.15, -0.1) is 0 Å². The summed E-state index contributed by atoms with van der Waals surface area (Å²) in [6.07, 6.45) is 3.12. The third kappa shape index (κ3) is 3.14. The third-order valence-corrected chi connectivity index (χ3v) is 3.05. The number of carbonyl (C=O) groups is 1. The zero-order valence-corrected chi connectivity index (χ0v) is 11.6. The molecule has 3 rings (SSSR count). The SMILES string of the molecule is Nc1nnnn1CC(=O)N(Cc1ccco1)Cc1ccco1. The molecule has 0 radical (unpaired) electrons. The lowest BCUT2D eigenvalue weighted by atomic mass is 10.3. The van der Waals surface area contributed by atoms with Crippen LogP contribution in [-0.4, -0.2) is 31.0 Å². The normalized spacial score (nSPS) is 10.7. The van der Waals surface area contributed by atoms with E-state index in [-0.39, 0.29) is 18.4 Å². The van der Waals surface area contributed by atoms with E-state index in [0.717, 1.165) is 0 Å². The first-order valence-corrected chi connectivity index (χ1v) is 6.56. The molecule has 0 fully saturated rings. The minimum absolute atomic E-state index is 0.0553. The van der Waals surface area contributed by atoms with E-state index in [4.69, 9.17) is 14.6 Å². The Kier molecular flexibility index (Phi) is 3.86. The summed E-state index contributed by atoms with van der Waals surface area (Å²) in [5, 5.41) is 10.6. The van der Waals surface area contributed by atoms with Crippen molar-refractivity contribution in [1.29, 1.82) is 0 Å². The number of nitrogens with two attached hydrogens (primary N) is 1. The summed E-state index contributed by atoms with van der Waals surface area (Å²) in [6.45, 7) is 0.573. The van der Waals surface area contributed by atoms with Crippen LogP contribution in [0.4, 0.5) is 5.95 Å². The predicted octanol–water partition coefficient (Wildman–Crippen LogP) is 0.670. The van der Waals surface area contributed by atoms with Crippen LogP contribution in [-0.2, 0) is 24.4 Å². The summed E-state index contributed by atoms with van der Waals surface area (Å²) >= 11 is 0. The van der Waals surface area contributed by atoms with Crippen molar-refractivity contribution < 1.29 is 13.6 Å². The highest BCUT2D eigenvalue weighted by Crippen LogP contribution is 2.12. The largest absolute Gasteiger partial charge is 0.467 e. The Labute approximate surface area is 125 Å². The van der Waals surface area contributed by atoms with E-state index in [1.165, 1.54) is 4.68 Å². The van der Waals surface area contributed by atoms with Gasteiger partial charge in [-0.2, -0.15) is 0 Å². The Morgan fingerprint density at radius 2 is 1.82 bits per heavy atom. The zero-order chi connectivity index (χ0) is 15.4. The van der Waals surface area contributed by atoms with Gasteiger partial charge in [0.15, 0.2) is 0 Å². The number of tetrazole rings is 1. The maximum atomic E-state index is 12.5. The number of nitrogens with zero attached hydrogens (tertiary/aromatic N) is 5. The molecule has 0 atom stereocenters. The lowest BCUT2D eigenvalue weighted by Gasteiger charge is -2.20. The molecule has 0 bridgehead atoms. The summed E-state index contributed by atoms with van der Waals surface area (Å²) in [6, 6.07) is 7.13. The molecule has 3 aromatic rings. The molecule has 0 saturated heterocycles. The Balaban J connectivity index is 1.74. The Bertz CT molecular complexity index is 683. The minimum atomic E-state index is -0.202. The lowest BCUT2D eigenvalue weighted by Crippen LogP contribution is -2.33. The minimum Gasteiger partial charge on any atom is -0.467 e. The summed E-state index contributed by atoms with van der Waals surface area (Å²) in [5.74, 6) is 1.23. The van der Waals surface area contributed by atoms with Crippen LogP contribution in [0, 0.1) is 0 Å². The Morgan fingerprint density at radius 1 is 1.18 bits per heavy atom. The highest BCUT2D eigenvalue weighted by Gasteiger charge is 2.19. The van der Waals surface area contributed by atoms with Crippen LogP contribution in [0.25, 0.3) is 0 Å². The van der Waals surface area contributed by atoms with Gasteiger partial charge in [-0.25, -0.2) is 4.68 Å². The van der Waals surface area contributed by atoms with E-state index in [2.05, 4.69) is 15.5 Å². The average Bonchev–Trinajstić information content (AvgIpc) is 3.23. The molecule has 114 valence electrons. The first-order valence-electron chi connectivity index (χ1n) is 6.56. The fourth-order valence-corrected chi connectivity index (χ4v) is 1.97. The van der Waals surface area contributed by atoms with Gasteiger partial charge in [0.2, 0.25) is 11.9 Å².